The molecule has 0 nitrogen and oxygen atoms in total. The molecule has 0 spiro atoms. The summed E-state index contributed by atoms with van der Waals surface area (Å²) in [4.78, 5) is 0. The Labute approximate surface area is 81.5 Å². The Morgan fingerprint density at radius 3 is 2.50 bits per heavy atom. The molecule has 4 atom stereocenters. The van der Waals surface area contributed by atoms with Crippen molar-refractivity contribution in [1.82, 2.24) is 0 Å². The van der Waals surface area contributed by atoms with Gasteiger partial charge in [0.25, 0.3) is 0 Å². The van der Waals surface area contributed by atoms with Crippen molar-refractivity contribution in [3.8, 4) is 0 Å². The zero-order chi connectivity index (χ0) is 8.98. The van der Waals surface area contributed by atoms with Crippen molar-refractivity contribution in [3.63, 3.8) is 0 Å². The molecule has 0 aliphatic heterocycles. The molecule has 70 valence electrons. The van der Waals surface area contributed by atoms with Gasteiger partial charge in [0.1, 0.15) is 0 Å². The summed E-state index contributed by atoms with van der Waals surface area (Å²) in [5.74, 6) is 2.91. The first-order valence-electron chi connectivity index (χ1n) is 5.11. The van der Waals surface area contributed by atoms with Crippen LogP contribution in [0.5, 0.6) is 0 Å². The van der Waals surface area contributed by atoms with Gasteiger partial charge in [0, 0.05) is 0 Å². The fourth-order valence-corrected chi connectivity index (χ4v) is 3.63. The minimum Gasteiger partial charge on any atom is -0.179 e. The highest BCUT2D eigenvalue weighted by Gasteiger charge is 2.61. The van der Waals surface area contributed by atoms with Gasteiger partial charge >= 0.3 is 0 Å². The average molecular weight is 184 g/mol. The second-order valence-corrected chi connectivity index (χ2v) is 6.04. The Morgan fingerprint density at radius 2 is 2.08 bits per heavy atom. The van der Waals surface area contributed by atoms with E-state index in [0.29, 0.717) is 5.41 Å². The van der Waals surface area contributed by atoms with Gasteiger partial charge in [0.05, 0.1) is 0 Å². The van der Waals surface area contributed by atoms with Crippen LogP contribution in [0.4, 0.5) is 0 Å². The van der Waals surface area contributed by atoms with E-state index in [1.165, 1.54) is 19.3 Å². The van der Waals surface area contributed by atoms with Crippen molar-refractivity contribution in [2.45, 2.75) is 40.0 Å². The molecule has 2 fully saturated rings. The molecule has 0 saturated heterocycles. The van der Waals surface area contributed by atoms with E-state index in [1.54, 1.807) is 0 Å². The third-order valence-electron chi connectivity index (χ3n) is 4.52. The van der Waals surface area contributed by atoms with Crippen LogP contribution >= 0.6 is 12.6 Å². The van der Waals surface area contributed by atoms with Gasteiger partial charge in [-0.3, -0.25) is 0 Å². The number of thiol groups is 1. The van der Waals surface area contributed by atoms with Gasteiger partial charge in [-0.15, -0.1) is 0 Å². The Bertz CT molecular complexity index is 201. The second kappa shape index (κ2) is 2.43. The topological polar surface area (TPSA) is 0 Å². The minimum atomic E-state index is 0.611. The molecular weight excluding hydrogens is 164 g/mol. The summed E-state index contributed by atoms with van der Waals surface area (Å²) in [5.41, 5.74) is 1.35. The number of fused-ring (bicyclic) bond motifs is 1. The van der Waals surface area contributed by atoms with Crippen LogP contribution in [0.1, 0.15) is 40.0 Å². The zero-order valence-corrected chi connectivity index (χ0v) is 9.32. The van der Waals surface area contributed by atoms with Crippen LogP contribution < -0.4 is 0 Å². The van der Waals surface area contributed by atoms with Gasteiger partial charge < -0.3 is 0 Å². The fourth-order valence-electron chi connectivity index (χ4n) is 3.19. The highest BCUT2D eigenvalue weighted by molar-refractivity contribution is 7.80. The van der Waals surface area contributed by atoms with Crippen molar-refractivity contribution >= 4 is 12.6 Å². The van der Waals surface area contributed by atoms with Crippen molar-refractivity contribution in [3.05, 3.63) is 0 Å². The van der Waals surface area contributed by atoms with E-state index < -0.39 is 0 Å². The smallest absolute Gasteiger partial charge is 0.00669 e. The highest BCUT2D eigenvalue weighted by atomic mass is 32.1. The maximum Gasteiger partial charge on any atom is -0.00669 e. The Morgan fingerprint density at radius 1 is 1.42 bits per heavy atom. The summed E-state index contributed by atoms with van der Waals surface area (Å²) < 4.78 is 0. The number of rotatable bonds is 2. The molecule has 0 bridgehead atoms. The van der Waals surface area contributed by atoms with E-state index in [2.05, 4.69) is 33.4 Å². The number of hydrogen-bond acceptors (Lipinski definition) is 1. The average Bonchev–Trinajstić information content (AvgIpc) is 2.50. The standard InChI is InChI=1S/C11H20S/c1-8(6-12)10(2)4-9-5-11(9,3)7-10/h8-9,12H,4-7H2,1-3H3/t8?,9?,10?,11-/m1/s1. The van der Waals surface area contributed by atoms with Crippen molar-refractivity contribution in [2.24, 2.45) is 22.7 Å². The van der Waals surface area contributed by atoms with Crippen LogP contribution in [0.3, 0.4) is 0 Å². The fraction of sp³-hybridized carbons (Fsp3) is 1.00. The lowest BCUT2D eigenvalue weighted by Gasteiger charge is -2.33. The van der Waals surface area contributed by atoms with Gasteiger partial charge in [-0.2, -0.15) is 12.6 Å². The third-order valence-corrected chi connectivity index (χ3v) is 5.07. The maximum atomic E-state index is 4.42. The molecule has 0 aromatic heterocycles. The third kappa shape index (κ3) is 1.13. The van der Waals surface area contributed by atoms with Gasteiger partial charge in [0.2, 0.25) is 0 Å². The summed E-state index contributed by atoms with van der Waals surface area (Å²) in [6.07, 6.45) is 4.42. The molecule has 2 aliphatic carbocycles. The molecule has 0 aromatic carbocycles. The Balaban J connectivity index is 2.06. The molecule has 0 N–H and O–H groups in total. The molecular formula is C11H20S. The van der Waals surface area contributed by atoms with Gasteiger partial charge in [-0.05, 0) is 47.7 Å². The predicted octanol–water partition coefficient (Wildman–Crippen LogP) is 3.38. The first-order chi connectivity index (χ1) is 5.50. The molecule has 1 heteroatoms. The van der Waals surface area contributed by atoms with Gasteiger partial charge in [-0.1, -0.05) is 20.8 Å². The lowest BCUT2D eigenvalue weighted by atomic mass is 9.74. The first-order valence-corrected chi connectivity index (χ1v) is 5.74. The summed E-state index contributed by atoms with van der Waals surface area (Å²) >= 11 is 4.42. The normalized spacial score (nSPS) is 53.5. The molecule has 2 rings (SSSR count). The van der Waals surface area contributed by atoms with Crippen molar-refractivity contribution < 1.29 is 0 Å². The molecule has 0 amide bonds. The van der Waals surface area contributed by atoms with Crippen LogP contribution in [0.15, 0.2) is 0 Å². The number of hydrogen-bond donors (Lipinski definition) is 1. The molecule has 0 heterocycles. The van der Waals surface area contributed by atoms with E-state index in [4.69, 9.17) is 0 Å². The molecule has 2 aliphatic rings. The van der Waals surface area contributed by atoms with Crippen LogP contribution in [0.2, 0.25) is 0 Å². The lowest BCUT2D eigenvalue weighted by Crippen LogP contribution is -2.25. The van der Waals surface area contributed by atoms with Gasteiger partial charge in [0.15, 0.2) is 0 Å². The first kappa shape index (κ1) is 8.93. The summed E-state index contributed by atoms with van der Waals surface area (Å²) in [6.45, 7) is 7.29. The summed E-state index contributed by atoms with van der Waals surface area (Å²) in [5, 5.41) is 0. The lowest BCUT2D eigenvalue weighted by molar-refractivity contribution is 0.193. The Kier molecular flexibility index (Phi) is 1.81. The van der Waals surface area contributed by atoms with E-state index >= 15 is 0 Å². The zero-order valence-electron chi connectivity index (χ0n) is 8.43. The van der Waals surface area contributed by atoms with Gasteiger partial charge in [-0.25, -0.2) is 0 Å². The second-order valence-electron chi connectivity index (χ2n) is 5.67. The van der Waals surface area contributed by atoms with Crippen LogP contribution in [-0.2, 0) is 0 Å². The van der Waals surface area contributed by atoms with Crippen molar-refractivity contribution in [1.29, 1.82) is 0 Å². The monoisotopic (exact) mass is 184 g/mol. The summed E-state index contributed by atoms with van der Waals surface area (Å²) in [7, 11) is 0. The van der Waals surface area contributed by atoms with E-state index in [9.17, 15) is 0 Å². The molecule has 2 saturated carbocycles. The molecule has 0 radical (unpaired) electrons. The van der Waals surface area contributed by atoms with Crippen LogP contribution in [0.25, 0.3) is 0 Å². The van der Waals surface area contributed by atoms with E-state index in [1.807, 2.05) is 0 Å². The SMILES string of the molecule is CC(CS)C1(C)CC2C[C@]2(C)C1. The summed E-state index contributed by atoms with van der Waals surface area (Å²) in [6, 6.07) is 0. The highest BCUT2D eigenvalue weighted by Crippen LogP contribution is 2.70. The predicted molar refractivity (Wildman–Crippen MR) is 56.6 cm³/mol. The molecule has 12 heavy (non-hydrogen) atoms. The quantitative estimate of drug-likeness (QED) is 0.625. The minimum absolute atomic E-state index is 0.611. The molecule has 3 unspecified atom stereocenters. The van der Waals surface area contributed by atoms with Crippen LogP contribution in [-0.4, -0.2) is 5.75 Å². The molecule has 0 aromatic rings. The van der Waals surface area contributed by atoms with Crippen LogP contribution in [0, 0.1) is 22.7 Å². The Hall–Kier alpha value is 0.350. The van der Waals surface area contributed by atoms with Crippen molar-refractivity contribution in [2.75, 3.05) is 5.75 Å². The maximum absolute atomic E-state index is 4.42. The van der Waals surface area contributed by atoms with E-state index in [0.717, 1.165) is 23.0 Å². The van der Waals surface area contributed by atoms with E-state index in [-0.39, 0.29) is 0 Å². The largest absolute Gasteiger partial charge is 0.179 e.